The van der Waals surface area contributed by atoms with Crippen LogP contribution >= 0.6 is 11.6 Å². The molecule has 0 radical (unpaired) electrons. The third-order valence-electron chi connectivity index (χ3n) is 4.99. The van der Waals surface area contributed by atoms with Crippen molar-refractivity contribution in [1.29, 1.82) is 0 Å². The van der Waals surface area contributed by atoms with Crippen molar-refractivity contribution >= 4 is 34.4 Å². The molecule has 4 rings (SSSR count). The number of hydrogen-bond acceptors (Lipinski definition) is 5. The maximum Gasteiger partial charge on any atom is 0.228 e. The molecule has 0 bridgehead atoms. The highest BCUT2D eigenvalue weighted by molar-refractivity contribution is 6.31. The van der Waals surface area contributed by atoms with Crippen LogP contribution in [-0.4, -0.2) is 32.8 Å². The number of aromatic nitrogens is 4. The lowest BCUT2D eigenvalue weighted by Gasteiger charge is -2.30. The zero-order chi connectivity index (χ0) is 18.4. The molecule has 0 unspecified atom stereocenters. The molecule has 1 saturated heterocycles. The maximum atomic E-state index is 13.6. The van der Waals surface area contributed by atoms with Gasteiger partial charge in [0.05, 0.1) is 16.1 Å². The molecule has 3 heterocycles. The van der Waals surface area contributed by atoms with Crippen molar-refractivity contribution in [1.82, 2.24) is 19.7 Å². The fourth-order valence-corrected chi connectivity index (χ4v) is 3.49. The Morgan fingerprint density at radius 2 is 1.96 bits per heavy atom. The second-order valence-corrected chi connectivity index (χ2v) is 7.29. The van der Waals surface area contributed by atoms with Crippen LogP contribution in [-0.2, 0) is 7.05 Å². The molecule has 8 heteroatoms. The third-order valence-corrected chi connectivity index (χ3v) is 5.28. The first-order valence-corrected chi connectivity index (χ1v) is 9.02. The first-order valence-electron chi connectivity index (χ1n) is 8.64. The molecule has 0 spiro atoms. The van der Waals surface area contributed by atoms with Gasteiger partial charge in [0, 0.05) is 25.7 Å². The Morgan fingerprint density at radius 1 is 1.23 bits per heavy atom. The second kappa shape index (κ2) is 6.39. The van der Waals surface area contributed by atoms with Gasteiger partial charge in [0.1, 0.15) is 11.6 Å². The van der Waals surface area contributed by atoms with Gasteiger partial charge in [-0.2, -0.15) is 10.1 Å². The Kier molecular flexibility index (Phi) is 4.19. The number of hydrogen-bond donors (Lipinski definition) is 1. The van der Waals surface area contributed by atoms with Crippen LogP contribution in [0.3, 0.4) is 0 Å². The molecule has 0 atom stereocenters. The Bertz CT molecular complexity index is 977. The third kappa shape index (κ3) is 2.86. The molecule has 6 nitrogen and oxygen atoms in total. The summed E-state index contributed by atoms with van der Waals surface area (Å²) in [4.78, 5) is 11.6. The average Bonchev–Trinajstić information content (AvgIpc) is 2.91. The smallest absolute Gasteiger partial charge is 0.228 e. The summed E-state index contributed by atoms with van der Waals surface area (Å²) in [5.41, 5.74) is 8.03. The van der Waals surface area contributed by atoms with Crippen LogP contribution in [0, 0.1) is 11.7 Å². The van der Waals surface area contributed by atoms with E-state index in [4.69, 9.17) is 22.3 Å². The number of rotatable bonds is 2. The molecule has 1 aliphatic rings. The van der Waals surface area contributed by atoms with Crippen LogP contribution in [0.4, 0.5) is 16.2 Å². The van der Waals surface area contributed by atoms with E-state index in [0.29, 0.717) is 40.0 Å². The summed E-state index contributed by atoms with van der Waals surface area (Å²) in [5, 5.41) is 5.12. The summed E-state index contributed by atoms with van der Waals surface area (Å²) in [6, 6.07) is 4.55. The molecule has 1 aromatic carbocycles. The normalized spacial score (nSPS) is 15.8. The largest absolute Gasteiger partial charge is 0.383 e. The summed E-state index contributed by atoms with van der Waals surface area (Å²) < 4.78 is 15.2. The van der Waals surface area contributed by atoms with E-state index in [0.717, 1.165) is 25.9 Å². The van der Waals surface area contributed by atoms with Gasteiger partial charge in [0.25, 0.3) is 0 Å². The minimum Gasteiger partial charge on any atom is -0.383 e. The van der Waals surface area contributed by atoms with Crippen molar-refractivity contribution in [3.8, 4) is 11.3 Å². The van der Waals surface area contributed by atoms with Gasteiger partial charge in [-0.05, 0) is 37.0 Å². The number of halogens is 2. The monoisotopic (exact) mass is 374 g/mol. The first-order chi connectivity index (χ1) is 12.4. The summed E-state index contributed by atoms with van der Waals surface area (Å²) in [6.45, 7) is 4.06. The van der Waals surface area contributed by atoms with Gasteiger partial charge in [-0.25, -0.2) is 9.37 Å². The van der Waals surface area contributed by atoms with Gasteiger partial charge in [-0.1, -0.05) is 18.5 Å². The zero-order valence-electron chi connectivity index (χ0n) is 14.7. The van der Waals surface area contributed by atoms with Crippen LogP contribution in [0.2, 0.25) is 5.02 Å². The van der Waals surface area contributed by atoms with Crippen molar-refractivity contribution < 1.29 is 4.39 Å². The van der Waals surface area contributed by atoms with Crippen LogP contribution in [0.15, 0.2) is 18.2 Å². The maximum absolute atomic E-state index is 13.6. The number of nitrogens with two attached hydrogens (primary N) is 1. The van der Waals surface area contributed by atoms with E-state index >= 15 is 0 Å². The number of nitrogens with zero attached hydrogens (tertiary/aromatic N) is 5. The minimum absolute atomic E-state index is 0.0464. The number of piperidine rings is 1. The Hall–Kier alpha value is -2.41. The van der Waals surface area contributed by atoms with Crippen LogP contribution < -0.4 is 10.6 Å². The number of fused-ring (bicyclic) bond motifs is 1. The number of benzene rings is 1. The molecule has 2 aromatic heterocycles. The van der Waals surface area contributed by atoms with Crippen molar-refractivity contribution in [3.63, 3.8) is 0 Å². The topological polar surface area (TPSA) is 72.9 Å². The second-order valence-electron chi connectivity index (χ2n) is 6.88. The van der Waals surface area contributed by atoms with Crippen molar-refractivity contribution in [2.24, 2.45) is 13.0 Å². The van der Waals surface area contributed by atoms with E-state index in [-0.39, 0.29) is 5.02 Å². The first kappa shape index (κ1) is 17.0. The van der Waals surface area contributed by atoms with Gasteiger partial charge in [0.2, 0.25) is 5.95 Å². The van der Waals surface area contributed by atoms with E-state index in [2.05, 4.69) is 21.9 Å². The highest BCUT2D eigenvalue weighted by Crippen LogP contribution is 2.34. The fraction of sp³-hybridized carbons (Fsp3) is 0.389. The van der Waals surface area contributed by atoms with Gasteiger partial charge in [-0.15, -0.1) is 0 Å². The van der Waals surface area contributed by atoms with E-state index < -0.39 is 5.82 Å². The predicted molar refractivity (Wildman–Crippen MR) is 102 cm³/mol. The van der Waals surface area contributed by atoms with Crippen LogP contribution in [0.25, 0.3) is 22.3 Å². The SMILES string of the molecule is CC1CCN(c2nc(-c3ccc(F)c(Cl)c3)c3c(N)n(C)nc3n2)CC1. The summed E-state index contributed by atoms with van der Waals surface area (Å²) in [7, 11) is 1.76. The van der Waals surface area contributed by atoms with Crippen LogP contribution in [0.1, 0.15) is 19.8 Å². The molecule has 0 amide bonds. The standard InChI is InChI=1S/C18H20ClFN6/c1-10-5-7-26(8-6-10)18-22-15(11-3-4-13(20)12(19)9-11)14-16(21)25(2)24-17(14)23-18/h3-4,9-10H,5-8,21H2,1-2H3. The van der Waals surface area contributed by atoms with Gasteiger partial charge in [0.15, 0.2) is 5.65 Å². The Labute approximate surface area is 155 Å². The molecule has 136 valence electrons. The highest BCUT2D eigenvalue weighted by Gasteiger charge is 2.23. The Balaban J connectivity index is 1.90. The van der Waals surface area contributed by atoms with Crippen molar-refractivity contribution in [2.45, 2.75) is 19.8 Å². The minimum atomic E-state index is -0.467. The summed E-state index contributed by atoms with van der Waals surface area (Å²) in [6.07, 6.45) is 2.20. The lowest BCUT2D eigenvalue weighted by molar-refractivity contribution is 0.435. The molecular weight excluding hydrogens is 355 g/mol. The van der Waals surface area contributed by atoms with Gasteiger partial charge in [-0.3, -0.25) is 4.68 Å². The Morgan fingerprint density at radius 3 is 2.65 bits per heavy atom. The number of anilines is 2. The number of nitrogen functional groups attached to an aromatic ring is 1. The quantitative estimate of drug-likeness (QED) is 0.741. The molecule has 0 saturated carbocycles. The number of aryl methyl sites for hydroxylation is 1. The fourth-order valence-electron chi connectivity index (χ4n) is 3.31. The van der Waals surface area contributed by atoms with Gasteiger partial charge < -0.3 is 10.6 Å². The van der Waals surface area contributed by atoms with Crippen molar-refractivity contribution in [2.75, 3.05) is 23.7 Å². The lowest BCUT2D eigenvalue weighted by Crippen LogP contribution is -2.34. The molecule has 0 aliphatic carbocycles. The van der Waals surface area contributed by atoms with Crippen LogP contribution in [0.5, 0.6) is 0 Å². The van der Waals surface area contributed by atoms with E-state index in [1.165, 1.54) is 6.07 Å². The van der Waals surface area contributed by atoms with Crippen molar-refractivity contribution in [3.05, 3.63) is 29.0 Å². The van der Waals surface area contributed by atoms with E-state index in [9.17, 15) is 4.39 Å². The molecule has 2 N–H and O–H groups in total. The van der Waals surface area contributed by atoms with E-state index in [1.54, 1.807) is 23.9 Å². The van der Waals surface area contributed by atoms with Gasteiger partial charge >= 0.3 is 0 Å². The predicted octanol–water partition coefficient (Wildman–Crippen LogP) is 3.64. The molecule has 26 heavy (non-hydrogen) atoms. The lowest BCUT2D eigenvalue weighted by atomic mass is 9.99. The molecular formula is C18H20ClFN6. The molecule has 1 fully saturated rings. The van der Waals surface area contributed by atoms with E-state index in [1.807, 2.05) is 0 Å². The summed E-state index contributed by atoms with van der Waals surface area (Å²) >= 11 is 5.98. The zero-order valence-corrected chi connectivity index (χ0v) is 15.5. The molecule has 3 aromatic rings. The average molecular weight is 375 g/mol. The molecule has 1 aliphatic heterocycles. The summed E-state index contributed by atoms with van der Waals surface area (Å²) in [5.74, 6) is 1.33. The highest BCUT2D eigenvalue weighted by atomic mass is 35.5.